The van der Waals surface area contributed by atoms with Crippen LogP contribution in [0, 0.1) is 11.8 Å². The monoisotopic (exact) mass is 898 g/mol. The van der Waals surface area contributed by atoms with Crippen LogP contribution in [-0.4, -0.2) is 129 Å². The highest BCUT2D eigenvalue weighted by molar-refractivity contribution is 8.77. The van der Waals surface area contributed by atoms with Crippen LogP contribution in [0.15, 0.2) is 48.5 Å². The zero-order chi connectivity index (χ0) is 45.0. The summed E-state index contributed by atoms with van der Waals surface area (Å²) in [5, 5.41) is 14.9. The molecule has 0 fully saturated rings. The topological polar surface area (TPSA) is 173 Å². The first-order chi connectivity index (χ1) is 29.9. The molecular formula is C46H66N4O10S2. The third-order valence-electron chi connectivity index (χ3n) is 9.91. The van der Waals surface area contributed by atoms with Crippen molar-refractivity contribution in [3.63, 3.8) is 0 Å². The molecule has 0 unspecified atom stereocenters. The number of carboxylic acid groups (broad SMARTS) is 1. The number of amides is 4. The van der Waals surface area contributed by atoms with Gasteiger partial charge in [0, 0.05) is 67.4 Å². The largest absolute Gasteiger partial charge is 0.480 e. The first kappa shape index (κ1) is 52.2. The summed E-state index contributed by atoms with van der Waals surface area (Å²) in [6.07, 6.45) is 5.11. The molecule has 1 aliphatic heterocycles. The lowest BCUT2D eigenvalue weighted by atomic mass is 10.0. The predicted octanol–water partition coefficient (Wildman–Crippen LogP) is 5.83. The van der Waals surface area contributed by atoms with Crippen LogP contribution in [-0.2, 0) is 49.5 Å². The Morgan fingerprint density at radius 2 is 1.34 bits per heavy atom. The summed E-state index contributed by atoms with van der Waals surface area (Å²) in [6, 6.07) is 14.9. The van der Waals surface area contributed by atoms with Crippen LogP contribution < -0.4 is 15.5 Å². The minimum absolute atomic E-state index is 0.0246. The van der Waals surface area contributed by atoms with Crippen molar-refractivity contribution in [1.29, 1.82) is 0 Å². The van der Waals surface area contributed by atoms with E-state index in [1.54, 1.807) is 21.6 Å². The Morgan fingerprint density at radius 1 is 0.742 bits per heavy atom. The van der Waals surface area contributed by atoms with E-state index in [0.717, 1.165) is 53.8 Å². The van der Waals surface area contributed by atoms with E-state index < -0.39 is 12.0 Å². The van der Waals surface area contributed by atoms with Gasteiger partial charge >= 0.3 is 5.97 Å². The molecule has 0 saturated carbocycles. The van der Waals surface area contributed by atoms with Crippen molar-refractivity contribution in [3.05, 3.63) is 65.2 Å². The molecule has 0 saturated heterocycles. The summed E-state index contributed by atoms with van der Waals surface area (Å²) in [7, 11) is 4.86. The van der Waals surface area contributed by atoms with Crippen LogP contribution in [0.25, 0.3) is 0 Å². The zero-order valence-corrected chi connectivity index (χ0v) is 38.5. The van der Waals surface area contributed by atoms with E-state index in [1.165, 1.54) is 18.9 Å². The van der Waals surface area contributed by atoms with Crippen molar-refractivity contribution >= 4 is 56.9 Å². The number of ether oxygens (including phenoxy) is 4. The molecule has 3 N–H and O–H groups in total. The van der Waals surface area contributed by atoms with Crippen LogP contribution in [0.5, 0.6) is 0 Å². The van der Waals surface area contributed by atoms with Gasteiger partial charge in [0.25, 0.3) is 0 Å². The third kappa shape index (κ3) is 21.3. The van der Waals surface area contributed by atoms with E-state index in [1.807, 2.05) is 53.4 Å². The van der Waals surface area contributed by atoms with Crippen LogP contribution in [0.3, 0.4) is 0 Å². The summed E-state index contributed by atoms with van der Waals surface area (Å²) in [6.45, 7) is 10.2. The van der Waals surface area contributed by atoms with Crippen molar-refractivity contribution in [2.45, 2.75) is 95.9 Å². The Balaban J connectivity index is 1.06. The molecule has 14 nitrogen and oxygen atoms in total. The Kier molecular flexibility index (Phi) is 25.3. The van der Waals surface area contributed by atoms with E-state index in [0.29, 0.717) is 91.8 Å². The van der Waals surface area contributed by atoms with Gasteiger partial charge in [0.2, 0.25) is 23.6 Å². The van der Waals surface area contributed by atoms with Gasteiger partial charge in [-0.2, -0.15) is 0 Å². The number of anilines is 1. The number of nitrogens with one attached hydrogen (secondary N) is 2. The number of hydrogen-bond acceptors (Lipinski definition) is 11. The number of hydrogen-bond donors (Lipinski definition) is 3. The molecule has 62 heavy (non-hydrogen) atoms. The lowest BCUT2D eigenvalue weighted by Gasteiger charge is -2.26. The highest BCUT2D eigenvalue weighted by Crippen LogP contribution is 2.39. The van der Waals surface area contributed by atoms with Crippen molar-refractivity contribution < 1.29 is 48.0 Å². The van der Waals surface area contributed by atoms with Crippen LogP contribution in [0.2, 0.25) is 0 Å². The van der Waals surface area contributed by atoms with Crippen molar-refractivity contribution in [2.75, 3.05) is 83.6 Å². The maximum absolute atomic E-state index is 13.3. The normalized spacial score (nSPS) is 12.5. The van der Waals surface area contributed by atoms with E-state index in [-0.39, 0.29) is 41.2 Å². The summed E-state index contributed by atoms with van der Waals surface area (Å²) < 4.78 is 21.9. The van der Waals surface area contributed by atoms with E-state index >= 15 is 0 Å². The zero-order valence-electron chi connectivity index (χ0n) is 36.9. The number of aliphatic carboxylic acids is 1. The Labute approximate surface area is 375 Å². The maximum Gasteiger partial charge on any atom is 0.326 e. The molecule has 0 aromatic heterocycles. The van der Waals surface area contributed by atoms with Gasteiger partial charge in [-0.1, -0.05) is 70.2 Å². The second-order valence-electron chi connectivity index (χ2n) is 15.4. The van der Waals surface area contributed by atoms with Crippen molar-refractivity contribution in [2.24, 2.45) is 0 Å². The molecule has 0 bridgehead atoms. The number of nitrogens with zero attached hydrogens (tertiary/aromatic N) is 2. The quantitative estimate of drug-likeness (QED) is 0.0456. The van der Waals surface area contributed by atoms with E-state index in [9.17, 15) is 24.0 Å². The molecule has 4 amide bonds. The summed E-state index contributed by atoms with van der Waals surface area (Å²) >= 11 is 0. The van der Waals surface area contributed by atoms with E-state index in [2.05, 4.69) is 36.3 Å². The molecular weight excluding hydrogens is 833 g/mol. The maximum atomic E-state index is 13.3. The highest BCUT2D eigenvalue weighted by Gasteiger charge is 2.26. The fourth-order valence-electron chi connectivity index (χ4n) is 6.01. The van der Waals surface area contributed by atoms with Gasteiger partial charge in [0.1, 0.15) is 6.04 Å². The predicted molar refractivity (Wildman–Crippen MR) is 245 cm³/mol. The molecule has 342 valence electrons. The number of carbonyl (C=O) groups is 5. The van der Waals surface area contributed by atoms with Gasteiger partial charge in [-0.15, -0.1) is 0 Å². The van der Waals surface area contributed by atoms with Crippen LogP contribution >= 0.6 is 21.6 Å². The smallest absolute Gasteiger partial charge is 0.326 e. The minimum atomic E-state index is -1.02. The van der Waals surface area contributed by atoms with Gasteiger partial charge in [-0.25, -0.2) is 4.79 Å². The number of carboxylic acids is 1. The fourth-order valence-corrected chi connectivity index (χ4v) is 8.68. The molecule has 0 aliphatic carbocycles. The van der Waals surface area contributed by atoms with Gasteiger partial charge in [-0.3, -0.25) is 19.2 Å². The molecule has 2 aromatic carbocycles. The van der Waals surface area contributed by atoms with Crippen LogP contribution in [0.4, 0.5) is 5.69 Å². The molecule has 16 heteroatoms. The number of unbranched alkanes of at least 4 members (excludes halogenated alkanes) is 2. The molecule has 0 radical (unpaired) electrons. The molecule has 0 spiro atoms. The van der Waals surface area contributed by atoms with Gasteiger partial charge in [0.15, 0.2) is 0 Å². The first-order valence-corrected chi connectivity index (χ1v) is 23.8. The second kappa shape index (κ2) is 30.1. The highest BCUT2D eigenvalue weighted by atomic mass is 33.1. The average Bonchev–Trinajstić information content (AvgIpc) is 3.25. The third-order valence-corrected chi connectivity index (χ3v) is 13.3. The Hall–Kier alpha value is -4.11. The summed E-state index contributed by atoms with van der Waals surface area (Å²) in [5.41, 5.74) is 3.66. The van der Waals surface area contributed by atoms with E-state index in [4.69, 9.17) is 24.1 Å². The van der Waals surface area contributed by atoms with Gasteiger partial charge in [0.05, 0.1) is 65.1 Å². The van der Waals surface area contributed by atoms with Crippen LogP contribution in [0.1, 0.15) is 95.2 Å². The lowest BCUT2D eigenvalue weighted by molar-refractivity contribution is -0.148. The number of fused-ring (bicyclic) bond motifs is 2. The SMILES string of the molecule is C[C@@H](C(=O)O)N(C)C(=O)CCC(C)(C)SSCCCC(=O)NCCOCCOCCOCCOCCC(=O)NCCCCCC(=O)N1Cc2ccccc2C#Cc2ccccc21. The summed E-state index contributed by atoms with van der Waals surface area (Å²) in [5.74, 6) is 6.05. The van der Waals surface area contributed by atoms with Crippen molar-refractivity contribution in [3.8, 4) is 11.8 Å². The molecule has 2 aromatic rings. The standard InChI is InChI=1S/C46H66N4O10S2/c1-36(45(55)56)49(4)43(53)21-23-46(2,3)62-61-34-12-17-41(51)48-25-27-58-29-31-60-33-32-59-30-28-57-26-22-42(52)47-24-11-5-6-18-44(54)50-35-39-15-8-7-13-37(39)19-20-38-14-9-10-16-40(38)50/h7-10,13-16,36H,5-6,11-12,17-18,21-35H2,1-4H3,(H,47,52)(H,48,51)(H,55,56)/t36-/m0/s1. The number of para-hydroxylation sites is 1. The number of rotatable bonds is 32. The van der Waals surface area contributed by atoms with Crippen molar-refractivity contribution in [1.82, 2.24) is 15.5 Å². The number of benzene rings is 2. The van der Waals surface area contributed by atoms with Gasteiger partial charge in [-0.05, 0) is 70.2 Å². The Bertz CT molecular complexity index is 1770. The number of carbonyl (C=O) groups excluding carboxylic acids is 4. The minimum Gasteiger partial charge on any atom is -0.480 e. The number of likely N-dealkylation sites (N-methyl/N-ethyl adjacent to an activating group) is 1. The van der Waals surface area contributed by atoms with Gasteiger partial charge < -0.3 is 44.5 Å². The first-order valence-electron chi connectivity index (χ1n) is 21.5. The molecule has 1 aliphatic rings. The fraction of sp³-hybridized carbons (Fsp3) is 0.587. The molecule has 3 rings (SSSR count). The average molecular weight is 899 g/mol. The Morgan fingerprint density at radius 3 is 2.05 bits per heavy atom. The molecule has 1 heterocycles. The second-order valence-corrected chi connectivity index (χ2v) is 18.5. The summed E-state index contributed by atoms with van der Waals surface area (Å²) in [4.78, 5) is 64.2. The lowest BCUT2D eigenvalue weighted by Crippen LogP contribution is -2.40. The molecule has 1 atom stereocenters.